The summed E-state index contributed by atoms with van der Waals surface area (Å²) in [5.41, 5.74) is 1.97. The number of hydrogen-bond acceptors (Lipinski definition) is 2. The van der Waals surface area contributed by atoms with Crippen LogP contribution < -0.4 is 4.74 Å². The molecular weight excluding hydrogens is 351 g/mol. The summed E-state index contributed by atoms with van der Waals surface area (Å²) in [7, 11) is 0. The highest BCUT2D eigenvalue weighted by atomic mass is 35.5. The molecule has 130 valence electrons. The summed E-state index contributed by atoms with van der Waals surface area (Å²) in [5.74, 6) is -0.587. The Bertz CT molecular complexity index is 897. The molecule has 1 heterocycles. The second-order valence-electron chi connectivity index (χ2n) is 5.54. The molecule has 0 saturated heterocycles. The Hall–Kier alpha value is -2.27. The Morgan fingerprint density at radius 2 is 1.84 bits per heavy atom. The molecule has 0 N–H and O–H groups in total. The first-order valence-electron chi connectivity index (χ1n) is 7.78. The van der Waals surface area contributed by atoms with Crippen molar-refractivity contribution in [3.8, 4) is 5.75 Å². The minimum Gasteiger partial charge on any atom is -0.434 e. The summed E-state index contributed by atoms with van der Waals surface area (Å²) in [6.07, 6.45) is 0.800. The predicted molar refractivity (Wildman–Crippen MR) is 92.0 cm³/mol. The minimum absolute atomic E-state index is 0.0219. The average molecular weight is 366 g/mol. The fourth-order valence-corrected chi connectivity index (χ4v) is 2.94. The number of hydrogen-bond donors (Lipinski definition) is 0. The minimum atomic E-state index is -3.01. The van der Waals surface area contributed by atoms with Crippen molar-refractivity contribution in [1.82, 2.24) is 4.98 Å². The van der Waals surface area contributed by atoms with Crippen LogP contribution in [-0.4, -0.2) is 11.6 Å². The van der Waals surface area contributed by atoms with Crippen LogP contribution in [0.1, 0.15) is 23.7 Å². The van der Waals surface area contributed by atoms with Crippen LogP contribution in [0.4, 0.5) is 13.2 Å². The first-order valence-corrected chi connectivity index (χ1v) is 8.16. The van der Waals surface area contributed by atoms with Crippen LogP contribution >= 0.6 is 11.6 Å². The molecule has 0 saturated carbocycles. The van der Waals surface area contributed by atoms with Crippen molar-refractivity contribution in [2.75, 3.05) is 0 Å². The van der Waals surface area contributed by atoms with E-state index >= 15 is 0 Å². The largest absolute Gasteiger partial charge is 0.434 e. The van der Waals surface area contributed by atoms with Gasteiger partial charge in [-0.2, -0.15) is 8.78 Å². The lowest BCUT2D eigenvalue weighted by molar-refractivity contribution is -0.0494. The van der Waals surface area contributed by atoms with E-state index in [0.29, 0.717) is 29.1 Å². The number of benzene rings is 2. The first-order chi connectivity index (χ1) is 12.0. The predicted octanol–water partition coefficient (Wildman–Crippen LogP) is 5.78. The van der Waals surface area contributed by atoms with Gasteiger partial charge in [0.2, 0.25) is 0 Å². The van der Waals surface area contributed by atoms with Crippen LogP contribution in [0.3, 0.4) is 0 Å². The molecule has 0 aliphatic rings. The third-order valence-electron chi connectivity index (χ3n) is 3.94. The number of rotatable bonds is 5. The Morgan fingerprint density at radius 3 is 2.48 bits per heavy atom. The lowest BCUT2D eigenvalue weighted by Crippen LogP contribution is -2.09. The van der Waals surface area contributed by atoms with Gasteiger partial charge in [-0.05, 0) is 36.2 Å². The molecule has 2 aromatic carbocycles. The highest BCUT2D eigenvalue weighted by Crippen LogP contribution is 2.35. The van der Waals surface area contributed by atoms with Gasteiger partial charge in [0.1, 0.15) is 17.1 Å². The van der Waals surface area contributed by atoms with E-state index < -0.39 is 12.4 Å². The lowest BCUT2D eigenvalue weighted by atomic mass is 9.98. The van der Waals surface area contributed by atoms with E-state index in [2.05, 4.69) is 4.98 Å². The number of aromatic nitrogens is 1. The van der Waals surface area contributed by atoms with Crippen molar-refractivity contribution < 1.29 is 17.9 Å². The second kappa shape index (κ2) is 7.31. The highest BCUT2D eigenvalue weighted by molar-refractivity contribution is 6.30. The Morgan fingerprint density at radius 1 is 1.12 bits per heavy atom. The number of pyridine rings is 1. The molecule has 0 aliphatic heterocycles. The SMILES string of the molecule is CCc1nc2c(F)cccc2c(OC(F)F)c1Cc1ccc(Cl)cc1. The van der Waals surface area contributed by atoms with Crippen molar-refractivity contribution in [3.05, 3.63) is 70.1 Å². The topological polar surface area (TPSA) is 22.1 Å². The van der Waals surface area contributed by atoms with Crippen molar-refractivity contribution in [1.29, 1.82) is 0 Å². The van der Waals surface area contributed by atoms with Crippen LogP contribution in [-0.2, 0) is 12.8 Å². The maximum atomic E-state index is 14.1. The number of fused-ring (bicyclic) bond motifs is 1. The molecule has 1 aromatic heterocycles. The molecule has 0 aliphatic carbocycles. The zero-order valence-electron chi connectivity index (χ0n) is 13.4. The normalized spacial score (nSPS) is 11.3. The van der Waals surface area contributed by atoms with Gasteiger partial charge in [-0.1, -0.05) is 36.7 Å². The number of aryl methyl sites for hydroxylation is 1. The van der Waals surface area contributed by atoms with Gasteiger partial charge in [-0.3, -0.25) is 0 Å². The Kier molecular flexibility index (Phi) is 5.13. The van der Waals surface area contributed by atoms with Crippen molar-refractivity contribution in [3.63, 3.8) is 0 Å². The molecule has 0 bridgehead atoms. The third kappa shape index (κ3) is 3.71. The molecule has 0 unspecified atom stereocenters. The van der Waals surface area contributed by atoms with Crippen LogP contribution in [0.15, 0.2) is 42.5 Å². The molecule has 25 heavy (non-hydrogen) atoms. The molecule has 0 spiro atoms. The quantitative estimate of drug-likeness (QED) is 0.571. The van der Waals surface area contributed by atoms with E-state index in [4.69, 9.17) is 16.3 Å². The highest BCUT2D eigenvalue weighted by Gasteiger charge is 2.20. The third-order valence-corrected chi connectivity index (χ3v) is 4.19. The van der Waals surface area contributed by atoms with Crippen molar-refractivity contribution in [2.24, 2.45) is 0 Å². The number of para-hydroxylation sites is 1. The van der Waals surface area contributed by atoms with Gasteiger partial charge in [-0.25, -0.2) is 9.37 Å². The standard InChI is InChI=1S/C19H15ClF3NO/c1-2-16-14(10-11-6-8-12(20)9-7-11)18(25-19(22)23)13-4-3-5-15(21)17(13)24-16/h3-9,19H,2,10H2,1H3. The summed E-state index contributed by atoms with van der Waals surface area (Å²) in [6, 6.07) is 11.3. The fraction of sp³-hybridized carbons (Fsp3) is 0.211. The van der Waals surface area contributed by atoms with Crippen LogP contribution in [0.25, 0.3) is 10.9 Å². The Labute approximate surface area is 148 Å². The second-order valence-corrected chi connectivity index (χ2v) is 5.97. The first kappa shape index (κ1) is 17.5. The fourth-order valence-electron chi connectivity index (χ4n) is 2.81. The van der Waals surface area contributed by atoms with Gasteiger partial charge in [0.25, 0.3) is 0 Å². The lowest BCUT2D eigenvalue weighted by Gasteiger charge is -2.17. The van der Waals surface area contributed by atoms with Gasteiger partial charge in [0, 0.05) is 28.1 Å². The summed E-state index contributed by atoms with van der Waals surface area (Å²) in [6.45, 7) is -1.17. The molecule has 0 atom stereocenters. The van der Waals surface area contributed by atoms with E-state index in [1.807, 2.05) is 19.1 Å². The van der Waals surface area contributed by atoms with Crippen LogP contribution in [0.5, 0.6) is 5.75 Å². The van der Waals surface area contributed by atoms with Gasteiger partial charge in [0.15, 0.2) is 0 Å². The molecule has 3 aromatic rings. The van der Waals surface area contributed by atoms with Crippen molar-refractivity contribution >= 4 is 22.5 Å². The van der Waals surface area contributed by atoms with Gasteiger partial charge in [0.05, 0.1) is 0 Å². The molecule has 0 amide bonds. The number of alkyl halides is 2. The van der Waals surface area contributed by atoms with E-state index in [-0.39, 0.29) is 16.7 Å². The summed E-state index contributed by atoms with van der Waals surface area (Å²) >= 11 is 5.89. The van der Waals surface area contributed by atoms with Gasteiger partial charge >= 0.3 is 6.61 Å². The van der Waals surface area contributed by atoms with E-state index in [0.717, 1.165) is 5.56 Å². The Balaban J connectivity index is 2.21. The van der Waals surface area contributed by atoms with E-state index in [1.54, 1.807) is 12.1 Å². The molecular formula is C19H15ClF3NO. The smallest absolute Gasteiger partial charge is 0.387 e. The van der Waals surface area contributed by atoms with E-state index in [1.165, 1.54) is 18.2 Å². The molecule has 2 nitrogen and oxygen atoms in total. The monoisotopic (exact) mass is 365 g/mol. The number of halogens is 4. The van der Waals surface area contributed by atoms with E-state index in [9.17, 15) is 13.2 Å². The number of ether oxygens (including phenoxy) is 1. The zero-order valence-corrected chi connectivity index (χ0v) is 14.2. The van der Waals surface area contributed by atoms with Crippen molar-refractivity contribution in [2.45, 2.75) is 26.4 Å². The zero-order chi connectivity index (χ0) is 18.0. The molecule has 0 radical (unpaired) electrons. The summed E-state index contributed by atoms with van der Waals surface area (Å²) in [4.78, 5) is 4.35. The van der Waals surface area contributed by atoms with Gasteiger partial charge in [-0.15, -0.1) is 0 Å². The summed E-state index contributed by atoms with van der Waals surface area (Å²) < 4.78 is 44.9. The molecule has 3 rings (SSSR count). The molecule has 0 fully saturated rings. The van der Waals surface area contributed by atoms with Gasteiger partial charge < -0.3 is 4.74 Å². The summed E-state index contributed by atoms with van der Waals surface area (Å²) in [5, 5.41) is 0.823. The number of nitrogens with zero attached hydrogens (tertiary/aromatic N) is 1. The average Bonchev–Trinajstić information content (AvgIpc) is 2.58. The van der Waals surface area contributed by atoms with Crippen LogP contribution in [0.2, 0.25) is 5.02 Å². The molecule has 6 heteroatoms. The maximum absolute atomic E-state index is 14.1. The van der Waals surface area contributed by atoms with Crippen LogP contribution in [0, 0.1) is 5.82 Å². The maximum Gasteiger partial charge on any atom is 0.387 e.